The van der Waals surface area contributed by atoms with Crippen molar-refractivity contribution in [3.8, 4) is 0 Å². The van der Waals surface area contributed by atoms with Gasteiger partial charge in [0.15, 0.2) is 0 Å². The first kappa shape index (κ1) is 10.9. The summed E-state index contributed by atoms with van der Waals surface area (Å²) in [7, 11) is 0. The van der Waals surface area contributed by atoms with E-state index in [1.165, 1.54) is 16.5 Å². The van der Waals surface area contributed by atoms with Crippen molar-refractivity contribution in [2.24, 2.45) is 10.9 Å². The highest BCUT2D eigenvalue weighted by molar-refractivity contribution is 5.97. The van der Waals surface area contributed by atoms with Crippen LogP contribution in [0.2, 0.25) is 0 Å². The van der Waals surface area contributed by atoms with Crippen LogP contribution in [0, 0.1) is 5.92 Å². The Bertz CT molecular complexity index is 480. The average Bonchev–Trinajstić information content (AvgIpc) is 2.72. The highest BCUT2D eigenvalue weighted by Gasteiger charge is 1.98. The molecule has 1 aromatic carbocycles. The van der Waals surface area contributed by atoms with E-state index in [2.05, 4.69) is 48.1 Å². The zero-order valence-corrected chi connectivity index (χ0v) is 9.90. The normalized spacial score (nSPS) is 11.9. The molecule has 0 aliphatic rings. The van der Waals surface area contributed by atoms with Gasteiger partial charge in [0.05, 0.1) is 5.52 Å². The average molecular weight is 214 g/mol. The molecule has 2 rings (SSSR count). The van der Waals surface area contributed by atoms with Crippen LogP contribution in [-0.2, 0) is 0 Å². The minimum atomic E-state index is 0.721. The van der Waals surface area contributed by atoms with Crippen LogP contribution in [0.5, 0.6) is 0 Å². The van der Waals surface area contributed by atoms with Gasteiger partial charge in [0.25, 0.3) is 0 Å². The molecule has 0 unspecified atom stereocenters. The second-order valence-electron chi connectivity index (χ2n) is 4.51. The Balaban J connectivity index is 2.11. The Kier molecular flexibility index (Phi) is 3.40. The summed E-state index contributed by atoms with van der Waals surface area (Å²) in [5.74, 6) is 0.721. The summed E-state index contributed by atoms with van der Waals surface area (Å²) in [6.07, 6.45) is 5.09. The maximum Gasteiger partial charge on any atom is 0.0542 e. The van der Waals surface area contributed by atoms with Crippen LogP contribution >= 0.6 is 0 Å². The van der Waals surface area contributed by atoms with Crippen molar-refractivity contribution in [1.82, 2.24) is 4.98 Å². The SMILES string of the molecule is CC(C)CC/N=C/c1cccc2cc[nH]c12. The molecule has 0 bridgehead atoms. The van der Waals surface area contributed by atoms with Gasteiger partial charge in [-0.15, -0.1) is 0 Å². The van der Waals surface area contributed by atoms with Gasteiger partial charge >= 0.3 is 0 Å². The summed E-state index contributed by atoms with van der Waals surface area (Å²) < 4.78 is 0. The van der Waals surface area contributed by atoms with Crippen LogP contribution in [-0.4, -0.2) is 17.7 Å². The van der Waals surface area contributed by atoms with Crippen molar-refractivity contribution in [2.75, 3.05) is 6.54 Å². The molecule has 0 aliphatic carbocycles. The lowest BCUT2D eigenvalue weighted by Gasteiger charge is -2.00. The van der Waals surface area contributed by atoms with Crippen LogP contribution in [0.15, 0.2) is 35.5 Å². The van der Waals surface area contributed by atoms with E-state index in [0.29, 0.717) is 0 Å². The van der Waals surface area contributed by atoms with Gasteiger partial charge in [0.2, 0.25) is 0 Å². The predicted octanol–water partition coefficient (Wildman–Crippen LogP) is 3.63. The van der Waals surface area contributed by atoms with Gasteiger partial charge in [-0.3, -0.25) is 4.99 Å². The fourth-order valence-electron chi connectivity index (χ4n) is 1.71. The first-order valence-corrected chi connectivity index (χ1v) is 5.83. The molecule has 2 aromatic rings. The maximum absolute atomic E-state index is 4.47. The number of aromatic amines is 1. The smallest absolute Gasteiger partial charge is 0.0542 e. The lowest BCUT2D eigenvalue weighted by Crippen LogP contribution is -1.91. The third-order valence-corrected chi connectivity index (χ3v) is 2.69. The molecule has 2 nitrogen and oxygen atoms in total. The summed E-state index contributed by atoms with van der Waals surface area (Å²) in [6, 6.07) is 8.36. The van der Waals surface area contributed by atoms with Crippen molar-refractivity contribution in [3.63, 3.8) is 0 Å². The molecule has 0 atom stereocenters. The molecule has 0 saturated carbocycles. The van der Waals surface area contributed by atoms with Gasteiger partial charge in [-0.25, -0.2) is 0 Å². The second-order valence-corrected chi connectivity index (χ2v) is 4.51. The molecule has 0 amide bonds. The molecule has 0 spiro atoms. The second kappa shape index (κ2) is 4.97. The first-order chi connectivity index (χ1) is 7.77. The monoisotopic (exact) mass is 214 g/mol. The fourth-order valence-corrected chi connectivity index (χ4v) is 1.71. The van der Waals surface area contributed by atoms with Crippen LogP contribution in [0.4, 0.5) is 0 Å². The Labute approximate surface area is 96.4 Å². The molecular weight excluding hydrogens is 196 g/mol. The summed E-state index contributed by atoms with van der Waals surface area (Å²) in [6.45, 7) is 5.36. The van der Waals surface area contributed by atoms with Gasteiger partial charge in [-0.1, -0.05) is 32.0 Å². The van der Waals surface area contributed by atoms with E-state index in [9.17, 15) is 0 Å². The number of aliphatic imine (C=N–C) groups is 1. The van der Waals surface area contributed by atoms with Crippen LogP contribution in [0.25, 0.3) is 10.9 Å². The molecule has 0 radical (unpaired) electrons. The van der Waals surface area contributed by atoms with Gasteiger partial charge in [-0.2, -0.15) is 0 Å². The van der Waals surface area contributed by atoms with Crippen LogP contribution < -0.4 is 0 Å². The number of rotatable bonds is 4. The predicted molar refractivity (Wildman–Crippen MR) is 70.2 cm³/mol. The summed E-state index contributed by atoms with van der Waals surface area (Å²) in [5.41, 5.74) is 2.35. The van der Waals surface area contributed by atoms with E-state index in [1.807, 2.05) is 12.4 Å². The molecule has 0 aliphatic heterocycles. The summed E-state index contributed by atoms with van der Waals surface area (Å²) in [5, 5.41) is 1.24. The Morgan fingerprint density at radius 3 is 3.00 bits per heavy atom. The molecule has 16 heavy (non-hydrogen) atoms. The summed E-state index contributed by atoms with van der Waals surface area (Å²) in [4.78, 5) is 7.71. The largest absolute Gasteiger partial charge is 0.361 e. The Morgan fingerprint density at radius 1 is 1.31 bits per heavy atom. The van der Waals surface area contributed by atoms with Gasteiger partial charge in [0, 0.05) is 29.9 Å². The number of benzene rings is 1. The number of H-pyrrole nitrogens is 1. The quantitative estimate of drug-likeness (QED) is 0.753. The minimum Gasteiger partial charge on any atom is -0.361 e. The van der Waals surface area contributed by atoms with Crippen molar-refractivity contribution >= 4 is 17.1 Å². The molecule has 1 aromatic heterocycles. The Morgan fingerprint density at radius 2 is 2.19 bits per heavy atom. The van der Waals surface area contributed by atoms with E-state index < -0.39 is 0 Å². The van der Waals surface area contributed by atoms with E-state index in [-0.39, 0.29) is 0 Å². The van der Waals surface area contributed by atoms with Crippen LogP contribution in [0.3, 0.4) is 0 Å². The maximum atomic E-state index is 4.47. The van der Waals surface area contributed by atoms with Gasteiger partial charge in [-0.05, 0) is 18.4 Å². The van der Waals surface area contributed by atoms with Crippen molar-refractivity contribution in [2.45, 2.75) is 20.3 Å². The topological polar surface area (TPSA) is 28.1 Å². The third kappa shape index (κ3) is 2.51. The van der Waals surface area contributed by atoms with E-state index in [1.54, 1.807) is 0 Å². The fraction of sp³-hybridized carbons (Fsp3) is 0.357. The number of para-hydroxylation sites is 1. The molecule has 84 valence electrons. The lowest BCUT2D eigenvalue weighted by atomic mass is 10.1. The number of fused-ring (bicyclic) bond motifs is 1. The van der Waals surface area contributed by atoms with Gasteiger partial charge < -0.3 is 4.98 Å². The molecule has 1 heterocycles. The molecule has 2 heteroatoms. The number of nitrogens with zero attached hydrogens (tertiary/aromatic N) is 1. The van der Waals surface area contributed by atoms with Gasteiger partial charge in [0.1, 0.15) is 0 Å². The highest BCUT2D eigenvalue weighted by Crippen LogP contribution is 2.15. The standard InChI is InChI=1S/C14H18N2/c1-11(2)6-8-15-10-13-5-3-4-12-7-9-16-14(12)13/h3-5,7,9-11,16H,6,8H2,1-2H3/b15-10+. The zero-order chi connectivity index (χ0) is 11.4. The minimum absolute atomic E-state index is 0.721. The number of hydrogen-bond donors (Lipinski definition) is 1. The van der Waals surface area contributed by atoms with E-state index in [0.717, 1.165) is 18.9 Å². The third-order valence-electron chi connectivity index (χ3n) is 2.69. The zero-order valence-electron chi connectivity index (χ0n) is 9.90. The van der Waals surface area contributed by atoms with Crippen LogP contribution in [0.1, 0.15) is 25.8 Å². The molecular formula is C14H18N2. The van der Waals surface area contributed by atoms with Crippen molar-refractivity contribution < 1.29 is 0 Å². The van der Waals surface area contributed by atoms with E-state index in [4.69, 9.17) is 0 Å². The molecule has 0 saturated heterocycles. The number of hydrogen-bond acceptors (Lipinski definition) is 1. The van der Waals surface area contributed by atoms with Crippen molar-refractivity contribution in [1.29, 1.82) is 0 Å². The molecule has 1 N–H and O–H groups in total. The number of aromatic nitrogens is 1. The summed E-state index contributed by atoms with van der Waals surface area (Å²) >= 11 is 0. The number of nitrogens with one attached hydrogen (secondary N) is 1. The van der Waals surface area contributed by atoms with E-state index >= 15 is 0 Å². The Hall–Kier alpha value is -1.57. The molecule has 0 fully saturated rings. The lowest BCUT2D eigenvalue weighted by molar-refractivity contribution is 0.598. The first-order valence-electron chi connectivity index (χ1n) is 5.83. The van der Waals surface area contributed by atoms with Crippen molar-refractivity contribution in [3.05, 3.63) is 36.0 Å². The highest BCUT2D eigenvalue weighted by atomic mass is 14.7.